The summed E-state index contributed by atoms with van der Waals surface area (Å²) in [5.41, 5.74) is 3.45. The highest BCUT2D eigenvalue weighted by Gasteiger charge is 2.08. The van der Waals surface area contributed by atoms with E-state index < -0.39 is 0 Å². The van der Waals surface area contributed by atoms with Crippen LogP contribution in [0, 0.1) is 5.41 Å². The van der Waals surface area contributed by atoms with E-state index in [4.69, 9.17) is 0 Å². The largest absolute Gasteiger partial charge is 0.311 e. The third-order valence-corrected chi connectivity index (χ3v) is 2.48. The molecule has 0 aliphatic heterocycles. The van der Waals surface area contributed by atoms with Gasteiger partial charge in [-0.05, 0) is 18.4 Å². The molecule has 0 bridgehead atoms. The molecule has 13 heavy (non-hydrogen) atoms. The lowest BCUT2D eigenvalue weighted by Crippen LogP contribution is -2.20. The van der Waals surface area contributed by atoms with Crippen LogP contribution in [0.5, 0.6) is 0 Å². The van der Waals surface area contributed by atoms with Crippen molar-refractivity contribution in [2.45, 2.75) is 33.7 Å². The number of nitrogens with one attached hydrogen (secondary N) is 1. The molecule has 0 saturated heterocycles. The fourth-order valence-corrected chi connectivity index (χ4v) is 1.56. The second-order valence-corrected chi connectivity index (χ2v) is 5.19. The van der Waals surface area contributed by atoms with Crippen molar-refractivity contribution >= 4 is 11.3 Å². The van der Waals surface area contributed by atoms with Crippen LogP contribution in [0.25, 0.3) is 0 Å². The van der Waals surface area contributed by atoms with Crippen molar-refractivity contribution in [1.29, 1.82) is 0 Å². The third-order valence-electron chi connectivity index (χ3n) is 1.84. The standard InChI is InChI=1S/C10H18N2S/c1-10(2,3)4-5-11-6-9-7-13-8-12-9/h7-8,11H,4-6H2,1-3H3. The van der Waals surface area contributed by atoms with Crippen molar-refractivity contribution < 1.29 is 0 Å². The lowest BCUT2D eigenvalue weighted by Gasteiger charge is -2.17. The Morgan fingerprint density at radius 2 is 2.23 bits per heavy atom. The van der Waals surface area contributed by atoms with Crippen molar-refractivity contribution in [3.63, 3.8) is 0 Å². The Labute approximate surface area is 84.4 Å². The lowest BCUT2D eigenvalue weighted by molar-refractivity contribution is 0.366. The maximum atomic E-state index is 4.21. The summed E-state index contributed by atoms with van der Waals surface area (Å²) in [4.78, 5) is 4.21. The van der Waals surface area contributed by atoms with Crippen molar-refractivity contribution in [1.82, 2.24) is 10.3 Å². The zero-order chi connectivity index (χ0) is 9.73. The summed E-state index contributed by atoms with van der Waals surface area (Å²) in [6, 6.07) is 0. The number of hydrogen-bond acceptors (Lipinski definition) is 3. The van der Waals surface area contributed by atoms with E-state index in [1.165, 1.54) is 6.42 Å². The second-order valence-electron chi connectivity index (χ2n) is 4.47. The predicted octanol–water partition coefficient (Wildman–Crippen LogP) is 2.67. The van der Waals surface area contributed by atoms with Gasteiger partial charge in [-0.25, -0.2) is 4.98 Å². The van der Waals surface area contributed by atoms with Gasteiger partial charge in [-0.15, -0.1) is 11.3 Å². The van der Waals surface area contributed by atoms with Gasteiger partial charge < -0.3 is 5.32 Å². The fourth-order valence-electron chi connectivity index (χ4n) is 1.00. The van der Waals surface area contributed by atoms with Crippen LogP contribution in [-0.2, 0) is 6.54 Å². The number of hydrogen-bond donors (Lipinski definition) is 1. The van der Waals surface area contributed by atoms with Crippen LogP contribution in [0.2, 0.25) is 0 Å². The van der Waals surface area contributed by atoms with Crippen molar-refractivity contribution in [3.05, 3.63) is 16.6 Å². The van der Waals surface area contributed by atoms with Crippen LogP contribution in [0.3, 0.4) is 0 Å². The van der Waals surface area contributed by atoms with Crippen LogP contribution in [0.15, 0.2) is 10.9 Å². The molecule has 1 aromatic rings. The molecule has 0 spiro atoms. The van der Waals surface area contributed by atoms with E-state index in [0.717, 1.165) is 18.8 Å². The van der Waals surface area contributed by atoms with Gasteiger partial charge in [-0.2, -0.15) is 0 Å². The smallest absolute Gasteiger partial charge is 0.0795 e. The third kappa shape index (κ3) is 5.01. The van der Waals surface area contributed by atoms with Gasteiger partial charge in [0.1, 0.15) is 0 Å². The molecule has 1 N–H and O–H groups in total. The monoisotopic (exact) mass is 198 g/mol. The molecule has 0 aliphatic rings. The Bertz CT molecular complexity index is 224. The SMILES string of the molecule is CC(C)(C)CCNCc1cscn1. The molecule has 3 heteroatoms. The minimum absolute atomic E-state index is 0.426. The molecule has 0 unspecified atom stereocenters. The van der Waals surface area contributed by atoms with Crippen molar-refractivity contribution in [2.24, 2.45) is 5.41 Å². The van der Waals surface area contributed by atoms with E-state index >= 15 is 0 Å². The molecule has 74 valence electrons. The fraction of sp³-hybridized carbons (Fsp3) is 0.700. The van der Waals surface area contributed by atoms with Crippen LogP contribution >= 0.6 is 11.3 Å². The number of aromatic nitrogens is 1. The minimum Gasteiger partial charge on any atom is -0.311 e. The highest BCUT2D eigenvalue weighted by Crippen LogP contribution is 2.16. The van der Waals surface area contributed by atoms with Gasteiger partial charge in [0.2, 0.25) is 0 Å². The van der Waals surface area contributed by atoms with Gasteiger partial charge in [-0.3, -0.25) is 0 Å². The molecular formula is C10H18N2S. The molecule has 0 radical (unpaired) electrons. The van der Waals surface area contributed by atoms with Gasteiger partial charge in [0, 0.05) is 11.9 Å². The first-order valence-electron chi connectivity index (χ1n) is 4.66. The summed E-state index contributed by atoms with van der Waals surface area (Å²) in [6.07, 6.45) is 1.21. The Kier molecular flexibility index (Phi) is 3.88. The molecule has 0 saturated carbocycles. The molecule has 0 aromatic carbocycles. The van der Waals surface area contributed by atoms with E-state index in [-0.39, 0.29) is 0 Å². The van der Waals surface area contributed by atoms with Gasteiger partial charge in [0.15, 0.2) is 0 Å². The Morgan fingerprint density at radius 3 is 2.77 bits per heavy atom. The topological polar surface area (TPSA) is 24.9 Å². The summed E-state index contributed by atoms with van der Waals surface area (Å²) in [6.45, 7) is 8.76. The number of rotatable bonds is 4. The molecule has 2 nitrogen and oxygen atoms in total. The van der Waals surface area contributed by atoms with Crippen LogP contribution in [0.4, 0.5) is 0 Å². The van der Waals surface area contributed by atoms with Gasteiger partial charge in [0.25, 0.3) is 0 Å². The molecular weight excluding hydrogens is 180 g/mol. The van der Waals surface area contributed by atoms with Crippen LogP contribution in [0.1, 0.15) is 32.9 Å². The minimum atomic E-state index is 0.426. The molecule has 1 rings (SSSR count). The van der Waals surface area contributed by atoms with Crippen LogP contribution < -0.4 is 5.32 Å². The molecule has 0 aliphatic carbocycles. The van der Waals surface area contributed by atoms with E-state index in [1.54, 1.807) is 11.3 Å². The molecule has 1 heterocycles. The zero-order valence-corrected chi connectivity index (χ0v) is 9.45. The molecule has 0 atom stereocenters. The predicted molar refractivity (Wildman–Crippen MR) is 57.9 cm³/mol. The van der Waals surface area contributed by atoms with Crippen LogP contribution in [-0.4, -0.2) is 11.5 Å². The Hall–Kier alpha value is -0.410. The summed E-state index contributed by atoms with van der Waals surface area (Å²) in [5.74, 6) is 0. The summed E-state index contributed by atoms with van der Waals surface area (Å²) >= 11 is 1.65. The average molecular weight is 198 g/mol. The first-order valence-corrected chi connectivity index (χ1v) is 5.60. The lowest BCUT2D eigenvalue weighted by atomic mass is 9.92. The molecule has 0 fully saturated rings. The van der Waals surface area contributed by atoms with Gasteiger partial charge in [-0.1, -0.05) is 20.8 Å². The highest BCUT2D eigenvalue weighted by molar-refractivity contribution is 7.07. The Balaban J connectivity index is 2.09. The molecule has 1 aromatic heterocycles. The van der Waals surface area contributed by atoms with E-state index in [0.29, 0.717) is 5.41 Å². The number of thiazole rings is 1. The number of nitrogens with zero attached hydrogens (tertiary/aromatic N) is 1. The first kappa shape index (κ1) is 10.7. The normalized spacial score (nSPS) is 11.9. The Morgan fingerprint density at radius 1 is 1.46 bits per heavy atom. The summed E-state index contributed by atoms with van der Waals surface area (Å²) < 4.78 is 0. The van der Waals surface area contributed by atoms with E-state index in [9.17, 15) is 0 Å². The van der Waals surface area contributed by atoms with Crippen molar-refractivity contribution in [3.8, 4) is 0 Å². The van der Waals surface area contributed by atoms with Crippen molar-refractivity contribution in [2.75, 3.05) is 6.54 Å². The quantitative estimate of drug-likeness (QED) is 0.752. The maximum absolute atomic E-state index is 4.21. The van der Waals surface area contributed by atoms with Gasteiger partial charge in [0.05, 0.1) is 11.2 Å². The second kappa shape index (κ2) is 4.72. The summed E-state index contributed by atoms with van der Waals surface area (Å²) in [7, 11) is 0. The summed E-state index contributed by atoms with van der Waals surface area (Å²) in [5, 5.41) is 5.48. The van der Waals surface area contributed by atoms with E-state index in [2.05, 4.69) is 36.5 Å². The van der Waals surface area contributed by atoms with E-state index in [1.807, 2.05) is 5.51 Å². The first-order chi connectivity index (χ1) is 6.08. The highest BCUT2D eigenvalue weighted by atomic mass is 32.1. The maximum Gasteiger partial charge on any atom is 0.0795 e. The van der Waals surface area contributed by atoms with Gasteiger partial charge >= 0.3 is 0 Å². The zero-order valence-electron chi connectivity index (χ0n) is 8.63. The molecule has 0 amide bonds. The average Bonchev–Trinajstić information content (AvgIpc) is 2.48.